The topological polar surface area (TPSA) is 18.5 Å². The maximum atomic E-state index is 6.53. The summed E-state index contributed by atoms with van der Waals surface area (Å²) in [6, 6.07) is 24.1. The zero-order valence-corrected chi connectivity index (χ0v) is 18.5. The molecule has 0 N–H and O–H groups in total. The van der Waals surface area contributed by atoms with Crippen molar-refractivity contribution in [3.63, 3.8) is 0 Å². The van der Waals surface area contributed by atoms with Crippen LogP contribution in [0.2, 0.25) is 0 Å². The van der Waals surface area contributed by atoms with E-state index < -0.39 is 7.12 Å². The Morgan fingerprint density at radius 2 is 1.37 bits per heavy atom. The van der Waals surface area contributed by atoms with Crippen LogP contribution in [0.5, 0.6) is 0 Å². The molecular formula is C26H23BO2S. The summed E-state index contributed by atoms with van der Waals surface area (Å²) in [6.07, 6.45) is 0. The molecule has 6 rings (SSSR count). The molecule has 1 saturated heterocycles. The number of hydrogen-bond acceptors (Lipinski definition) is 3. The number of thiophene rings is 1. The molecule has 2 heterocycles. The number of hydrogen-bond donors (Lipinski definition) is 0. The van der Waals surface area contributed by atoms with Gasteiger partial charge < -0.3 is 9.31 Å². The van der Waals surface area contributed by atoms with E-state index in [-0.39, 0.29) is 11.2 Å². The van der Waals surface area contributed by atoms with Crippen LogP contribution in [0.25, 0.3) is 41.7 Å². The minimum Gasteiger partial charge on any atom is -0.399 e. The van der Waals surface area contributed by atoms with Crippen molar-refractivity contribution in [2.45, 2.75) is 38.9 Å². The van der Waals surface area contributed by atoms with Crippen molar-refractivity contribution in [2.75, 3.05) is 0 Å². The first kappa shape index (κ1) is 18.4. The van der Waals surface area contributed by atoms with E-state index in [0.717, 1.165) is 5.46 Å². The number of rotatable bonds is 1. The van der Waals surface area contributed by atoms with Crippen LogP contribution in [0.4, 0.5) is 0 Å². The zero-order chi connectivity index (χ0) is 20.7. The van der Waals surface area contributed by atoms with Gasteiger partial charge in [-0.25, -0.2) is 0 Å². The van der Waals surface area contributed by atoms with Gasteiger partial charge >= 0.3 is 7.12 Å². The molecule has 1 aromatic heterocycles. The summed E-state index contributed by atoms with van der Waals surface area (Å²) in [5, 5.41) is 7.58. The van der Waals surface area contributed by atoms with Crippen LogP contribution in [0.1, 0.15) is 27.7 Å². The molecule has 0 radical (unpaired) electrons. The van der Waals surface area contributed by atoms with E-state index in [1.165, 1.54) is 41.7 Å². The third-order valence-electron chi connectivity index (χ3n) is 6.90. The van der Waals surface area contributed by atoms with Gasteiger partial charge in [0, 0.05) is 20.2 Å². The van der Waals surface area contributed by atoms with E-state index in [4.69, 9.17) is 9.31 Å². The van der Waals surface area contributed by atoms with E-state index in [1.54, 1.807) is 0 Å². The van der Waals surface area contributed by atoms with Crippen LogP contribution in [-0.4, -0.2) is 18.3 Å². The van der Waals surface area contributed by atoms with Gasteiger partial charge in [-0.1, -0.05) is 60.7 Å². The molecule has 0 bridgehead atoms. The molecule has 0 unspecified atom stereocenters. The van der Waals surface area contributed by atoms with E-state index in [0.29, 0.717) is 0 Å². The van der Waals surface area contributed by atoms with Crippen molar-refractivity contribution in [3.05, 3.63) is 66.7 Å². The molecule has 1 aliphatic heterocycles. The highest BCUT2D eigenvalue weighted by molar-refractivity contribution is 7.26. The third-order valence-corrected chi connectivity index (χ3v) is 8.12. The monoisotopic (exact) mass is 410 g/mol. The van der Waals surface area contributed by atoms with Crippen LogP contribution in [-0.2, 0) is 9.31 Å². The van der Waals surface area contributed by atoms with Crippen LogP contribution in [0.3, 0.4) is 0 Å². The Balaban J connectivity index is 1.77. The van der Waals surface area contributed by atoms with Gasteiger partial charge in [-0.2, -0.15) is 0 Å². The summed E-state index contributed by atoms with van der Waals surface area (Å²) in [5.74, 6) is 0. The van der Waals surface area contributed by atoms with Crippen molar-refractivity contribution in [2.24, 2.45) is 0 Å². The van der Waals surface area contributed by atoms with Crippen molar-refractivity contribution < 1.29 is 9.31 Å². The Kier molecular flexibility index (Phi) is 3.72. The number of fused-ring (bicyclic) bond motifs is 7. The highest BCUT2D eigenvalue weighted by Crippen LogP contribution is 2.42. The van der Waals surface area contributed by atoms with E-state index in [2.05, 4.69) is 94.4 Å². The maximum absolute atomic E-state index is 6.53. The highest BCUT2D eigenvalue weighted by atomic mass is 32.1. The molecule has 0 spiro atoms. The first-order valence-electron chi connectivity index (χ1n) is 10.5. The first-order valence-corrected chi connectivity index (χ1v) is 11.3. The fraction of sp³-hybridized carbons (Fsp3) is 0.231. The molecular weight excluding hydrogens is 387 g/mol. The minimum absolute atomic E-state index is 0.375. The standard InChI is InChI=1S/C26H23BO2S/c1-25(2)26(3,4)29-27(28-25)21-15-20-18-11-7-8-12-22(18)30-24(20)19-14-13-16-9-5-6-10-17(16)23(19)21/h5-15H,1-4H3. The van der Waals surface area contributed by atoms with Gasteiger partial charge in [-0.15, -0.1) is 11.3 Å². The van der Waals surface area contributed by atoms with E-state index in [1.807, 2.05) is 11.3 Å². The summed E-state index contributed by atoms with van der Waals surface area (Å²) in [5.41, 5.74) is 0.372. The van der Waals surface area contributed by atoms with Crippen LogP contribution < -0.4 is 5.46 Å². The molecule has 0 amide bonds. The molecule has 4 heteroatoms. The van der Waals surface area contributed by atoms with Gasteiger partial charge in [-0.3, -0.25) is 0 Å². The lowest BCUT2D eigenvalue weighted by atomic mass is 9.74. The summed E-state index contributed by atoms with van der Waals surface area (Å²) >= 11 is 1.87. The minimum atomic E-state index is -0.397. The van der Waals surface area contributed by atoms with Gasteiger partial charge in [-0.05, 0) is 60.8 Å². The second-order valence-electron chi connectivity index (χ2n) is 9.24. The van der Waals surface area contributed by atoms with Gasteiger partial charge in [0.1, 0.15) is 0 Å². The predicted octanol–water partition coefficient (Wildman–Crippen LogP) is 6.66. The summed E-state index contributed by atoms with van der Waals surface area (Å²) in [6.45, 7) is 8.47. The Bertz CT molecular complexity index is 1450. The van der Waals surface area contributed by atoms with Crippen LogP contribution >= 0.6 is 11.3 Å². The van der Waals surface area contributed by atoms with E-state index in [9.17, 15) is 0 Å². The molecule has 0 atom stereocenters. The Labute approximate surface area is 180 Å². The lowest BCUT2D eigenvalue weighted by Gasteiger charge is -2.32. The average molecular weight is 410 g/mol. The molecule has 2 nitrogen and oxygen atoms in total. The SMILES string of the molecule is CC1(C)OB(c2cc3c4ccccc4sc3c3ccc4ccccc4c23)OC1(C)C. The summed E-state index contributed by atoms with van der Waals surface area (Å²) in [4.78, 5) is 0. The van der Waals surface area contributed by atoms with Crippen LogP contribution in [0.15, 0.2) is 66.7 Å². The van der Waals surface area contributed by atoms with Gasteiger partial charge in [0.15, 0.2) is 0 Å². The molecule has 0 saturated carbocycles. The fourth-order valence-corrected chi connectivity index (χ4v) is 5.78. The number of benzene rings is 4. The summed E-state index contributed by atoms with van der Waals surface area (Å²) in [7, 11) is -0.397. The second kappa shape index (κ2) is 6.07. The Morgan fingerprint density at radius 1 is 0.700 bits per heavy atom. The van der Waals surface area contributed by atoms with Crippen LogP contribution in [0, 0.1) is 0 Å². The molecule has 30 heavy (non-hydrogen) atoms. The van der Waals surface area contributed by atoms with Gasteiger partial charge in [0.25, 0.3) is 0 Å². The van der Waals surface area contributed by atoms with Crippen molar-refractivity contribution in [1.29, 1.82) is 0 Å². The van der Waals surface area contributed by atoms with Gasteiger partial charge in [0.05, 0.1) is 11.2 Å². The predicted molar refractivity (Wildman–Crippen MR) is 130 cm³/mol. The molecule has 5 aromatic rings. The fourth-order valence-electron chi connectivity index (χ4n) is 4.56. The van der Waals surface area contributed by atoms with E-state index >= 15 is 0 Å². The van der Waals surface area contributed by atoms with Gasteiger partial charge in [0.2, 0.25) is 0 Å². The highest BCUT2D eigenvalue weighted by Gasteiger charge is 2.52. The molecule has 148 valence electrons. The molecule has 1 fully saturated rings. The molecule has 4 aromatic carbocycles. The first-order chi connectivity index (χ1) is 14.4. The van der Waals surface area contributed by atoms with Crippen molar-refractivity contribution in [3.8, 4) is 0 Å². The molecule has 0 aliphatic carbocycles. The lowest BCUT2D eigenvalue weighted by molar-refractivity contribution is 0.00578. The zero-order valence-electron chi connectivity index (χ0n) is 17.7. The third kappa shape index (κ3) is 2.45. The normalized spacial score (nSPS) is 18.2. The second-order valence-corrected chi connectivity index (χ2v) is 10.3. The smallest absolute Gasteiger partial charge is 0.399 e. The maximum Gasteiger partial charge on any atom is 0.495 e. The quantitative estimate of drug-likeness (QED) is 0.227. The Morgan fingerprint density at radius 3 is 2.13 bits per heavy atom. The average Bonchev–Trinajstić information content (AvgIpc) is 3.20. The Hall–Kier alpha value is -2.40. The molecule has 1 aliphatic rings. The summed E-state index contributed by atoms with van der Waals surface area (Å²) < 4.78 is 15.7. The van der Waals surface area contributed by atoms with Crippen molar-refractivity contribution >= 4 is 65.6 Å². The largest absolute Gasteiger partial charge is 0.495 e. The van der Waals surface area contributed by atoms with Crippen molar-refractivity contribution in [1.82, 2.24) is 0 Å². The lowest BCUT2D eigenvalue weighted by Crippen LogP contribution is -2.41.